The molecule has 1 fully saturated rings. The zero-order valence-corrected chi connectivity index (χ0v) is 9.13. The third kappa shape index (κ3) is 1.53. The third-order valence-electron chi connectivity index (χ3n) is 3.04. The maximum atomic E-state index is 5.27. The lowest BCUT2D eigenvalue weighted by molar-refractivity contribution is 0.305. The van der Waals surface area contributed by atoms with Crippen LogP contribution in [0.25, 0.3) is 0 Å². The van der Waals surface area contributed by atoms with Gasteiger partial charge in [-0.3, -0.25) is 0 Å². The molecule has 1 aliphatic rings. The van der Waals surface area contributed by atoms with Crippen LogP contribution in [0.1, 0.15) is 30.6 Å². The van der Waals surface area contributed by atoms with Crippen molar-refractivity contribution in [1.82, 2.24) is 20.0 Å². The summed E-state index contributed by atoms with van der Waals surface area (Å²) in [6.45, 7) is 3.95. The molecule has 1 atom stereocenters. The van der Waals surface area contributed by atoms with E-state index in [1.165, 1.54) is 0 Å². The minimum Gasteiger partial charge on any atom is -0.344 e. The minimum absolute atomic E-state index is 0.125. The lowest BCUT2D eigenvalue weighted by Gasteiger charge is -2.22. The van der Waals surface area contributed by atoms with E-state index in [0.717, 1.165) is 24.8 Å². The number of rotatable bonds is 3. The maximum absolute atomic E-state index is 5.27. The Morgan fingerprint density at radius 1 is 1.44 bits per heavy atom. The Morgan fingerprint density at radius 3 is 2.81 bits per heavy atom. The molecule has 0 aliphatic carbocycles. The van der Waals surface area contributed by atoms with Crippen LogP contribution >= 0.6 is 0 Å². The molecule has 2 aromatic rings. The fraction of sp³-hybridized carbons (Fsp3) is 0.455. The molecule has 1 saturated heterocycles. The molecule has 5 nitrogen and oxygen atoms in total. The van der Waals surface area contributed by atoms with Gasteiger partial charge in [-0.15, -0.1) is 0 Å². The van der Waals surface area contributed by atoms with Gasteiger partial charge in [-0.05, 0) is 19.1 Å². The maximum Gasteiger partial charge on any atom is 0.232 e. The van der Waals surface area contributed by atoms with Gasteiger partial charge in [0.05, 0.1) is 12.0 Å². The summed E-state index contributed by atoms with van der Waals surface area (Å²) in [5.41, 5.74) is 0. The SMILES string of the molecule is CC(c1noc(C2CNC2)n1)n1cccc1. The largest absolute Gasteiger partial charge is 0.344 e. The highest BCUT2D eigenvalue weighted by molar-refractivity contribution is 5.05. The van der Waals surface area contributed by atoms with Crippen molar-refractivity contribution in [3.8, 4) is 0 Å². The van der Waals surface area contributed by atoms with Crippen molar-refractivity contribution < 1.29 is 4.52 Å². The second-order valence-electron chi connectivity index (χ2n) is 4.15. The van der Waals surface area contributed by atoms with E-state index < -0.39 is 0 Å². The van der Waals surface area contributed by atoms with E-state index in [-0.39, 0.29) is 6.04 Å². The summed E-state index contributed by atoms with van der Waals surface area (Å²) in [6, 6.07) is 4.11. The molecule has 0 saturated carbocycles. The first kappa shape index (κ1) is 9.59. The Hall–Kier alpha value is -1.62. The monoisotopic (exact) mass is 218 g/mol. The van der Waals surface area contributed by atoms with Crippen molar-refractivity contribution in [3.63, 3.8) is 0 Å². The van der Waals surface area contributed by atoms with Gasteiger partial charge in [0, 0.05) is 25.5 Å². The highest BCUT2D eigenvalue weighted by Gasteiger charge is 2.26. The van der Waals surface area contributed by atoms with E-state index in [0.29, 0.717) is 5.92 Å². The lowest BCUT2D eigenvalue weighted by Crippen LogP contribution is -2.40. The molecule has 0 spiro atoms. The summed E-state index contributed by atoms with van der Waals surface area (Å²) in [5, 5.41) is 7.23. The van der Waals surface area contributed by atoms with Crippen LogP contribution in [0.3, 0.4) is 0 Å². The number of hydrogen-bond donors (Lipinski definition) is 1. The number of nitrogens with zero attached hydrogens (tertiary/aromatic N) is 3. The molecule has 3 heterocycles. The van der Waals surface area contributed by atoms with Crippen LogP contribution in [0, 0.1) is 0 Å². The Labute approximate surface area is 93.5 Å². The first-order valence-electron chi connectivity index (χ1n) is 5.51. The standard InChI is InChI=1S/C11H14N4O/c1-8(15-4-2-3-5-15)10-13-11(16-14-10)9-6-12-7-9/h2-5,8-9,12H,6-7H2,1H3. The zero-order chi connectivity index (χ0) is 11.0. The highest BCUT2D eigenvalue weighted by Crippen LogP contribution is 2.21. The summed E-state index contributed by atoms with van der Waals surface area (Å²) in [6.07, 6.45) is 4.01. The Balaban J connectivity index is 1.81. The van der Waals surface area contributed by atoms with E-state index in [9.17, 15) is 0 Å². The van der Waals surface area contributed by atoms with E-state index >= 15 is 0 Å². The zero-order valence-electron chi connectivity index (χ0n) is 9.13. The van der Waals surface area contributed by atoms with Gasteiger partial charge in [-0.25, -0.2) is 0 Å². The molecule has 1 N–H and O–H groups in total. The molecule has 0 bridgehead atoms. The van der Waals surface area contributed by atoms with Gasteiger partial charge in [0.2, 0.25) is 5.89 Å². The van der Waals surface area contributed by atoms with Crippen molar-refractivity contribution in [1.29, 1.82) is 0 Å². The van der Waals surface area contributed by atoms with Gasteiger partial charge < -0.3 is 14.4 Å². The molecular formula is C11H14N4O. The van der Waals surface area contributed by atoms with Crippen LogP contribution in [0.5, 0.6) is 0 Å². The molecule has 1 unspecified atom stereocenters. The molecule has 1 aliphatic heterocycles. The van der Waals surface area contributed by atoms with Crippen LogP contribution < -0.4 is 5.32 Å². The first-order valence-corrected chi connectivity index (χ1v) is 5.51. The molecular weight excluding hydrogens is 204 g/mol. The quantitative estimate of drug-likeness (QED) is 0.840. The van der Waals surface area contributed by atoms with E-state index in [4.69, 9.17) is 4.52 Å². The molecule has 5 heteroatoms. The van der Waals surface area contributed by atoms with Crippen LogP contribution in [0.4, 0.5) is 0 Å². The summed E-state index contributed by atoms with van der Waals surface area (Å²) in [7, 11) is 0. The molecule has 3 rings (SSSR count). The van der Waals surface area contributed by atoms with E-state index in [1.54, 1.807) is 0 Å². The first-order chi connectivity index (χ1) is 7.84. The van der Waals surface area contributed by atoms with Crippen LogP contribution in [-0.2, 0) is 0 Å². The average Bonchev–Trinajstić information content (AvgIpc) is 2.84. The molecule has 0 radical (unpaired) electrons. The second kappa shape index (κ2) is 3.75. The average molecular weight is 218 g/mol. The molecule has 84 valence electrons. The minimum atomic E-state index is 0.125. The Kier molecular flexibility index (Phi) is 2.25. The predicted molar refractivity (Wildman–Crippen MR) is 58.2 cm³/mol. The summed E-state index contributed by atoms with van der Waals surface area (Å²) < 4.78 is 7.34. The summed E-state index contributed by atoms with van der Waals surface area (Å²) >= 11 is 0. The summed E-state index contributed by atoms with van der Waals surface area (Å²) in [4.78, 5) is 4.45. The van der Waals surface area contributed by atoms with Crippen LogP contribution in [0.15, 0.2) is 29.0 Å². The van der Waals surface area contributed by atoms with E-state index in [1.807, 2.05) is 24.5 Å². The fourth-order valence-corrected chi connectivity index (χ4v) is 1.79. The number of hydrogen-bond acceptors (Lipinski definition) is 4. The molecule has 2 aromatic heterocycles. The summed E-state index contributed by atoms with van der Waals surface area (Å²) in [5.74, 6) is 1.91. The van der Waals surface area contributed by atoms with Crippen LogP contribution in [0.2, 0.25) is 0 Å². The van der Waals surface area contributed by atoms with Gasteiger partial charge in [0.1, 0.15) is 0 Å². The van der Waals surface area contributed by atoms with E-state index in [2.05, 4.69) is 26.9 Å². The highest BCUT2D eigenvalue weighted by atomic mass is 16.5. The van der Waals surface area contributed by atoms with Gasteiger partial charge in [0.15, 0.2) is 5.82 Å². The van der Waals surface area contributed by atoms with Crippen molar-refractivity contribution in [2.24, 2.45) is 0 Å². The van der Waals surface area contributed by atoms with Crippen molar-refractivity contribution >= 4 is 0 Å². The smallest absolute Gasteiger partial charge is 0.232 e. The van der Waals surface area contributed by atoms with Crippen molar-refractivity contribution in [2.45, 2.75) is 18.9 Å². The number of nitrogens with one attached hydrogen (secondary N) is 1. The van der Waals surface area contributed by atoms with Gasteiger partial charge in [-0.2, -0.15) is 4.98 Å². The molecule has 16 heavy (non-hydrogen) atoms. The Morgan fingerprint density at radius 2 is 2.19 bits per heavy atom. The van der Waals surface area contributed by atoms with Crippen molar-refractivity contribution in [3.05, 3.63) is 36.2 Å². The van der Waals surface area contributed by atoms with Gasteiger partial charge in [-0.1, -0.05) is 5.16 Å². The van der Waals surface area contributed by atoms with Gasteiger partial charge in [0.25, 0.3) is 0 Å². The number of aromatic nitrogens is 3. The fourth-order valence-electron chi connectivity index (χ4n) is 1.79. The molecule has 0 amide bonds. The Bertz CT molecular complexity index is 458. The van der Waals surface area contributed by atoms with Crippen LogP contribution in [-0.4, -0.2) is 27.8 Å². The predicted octanol–water partition coefficient (Wildman–Crippen LogP) is 1.17. The topological polar surface area (TPSA) is 55.9 Å². The normalized spacial score (nSPS) is 18.3. The van der Waals surface area contributed by atoms with Crippen molar-refractivity contribution in [2.75, 3.05) is 13.1 Å². The molecule has 0 aromatic carbocycles. The lowest BCUT2D eigenvalue weighted by atomic mass is 10.0. The van der Waals surface area contributed by atoms with Gasteiger partial charge >= 0.3 is 0 Å². The third-order valence-corrected chi connectivity index (χ3v) is 3.04. The second-order valence-corrected chi connectivity index (χ2v) is 4.15.